The lowest BCUT2D eigenvalue weighted by Crippen LogP contribution is -2.28. The Morgan fingerprint density at radius 3 is 2.67 bits per heavy atom. The summed E-state index contributed by atoms with van der Waals surface area (Å²) in [5.74, 6) is -0.171. The average Bonchev–Trinajstić information content (AvgIpc) is 3.23. The smallest absolute Gasteiger partial charge is 0.257 e. The Labute approximate surface area is 158 Å². The maximum atomic E-state index is 12.6. The zero-order valence-electron chi connectivity index (χ0n) is 14.4. The van der Waals surface area contributed by atoms with Crippen molar-refractivity contribution in [3.05, 3.63) is 48.0 Å². The number of nitrogens with zero attached hydrogens (tertiary/aromatic N) is 2. The van der Waals surface area contributed by atoms with Gasteiger partial charge in [-0.25, -0.2) is 4.98 Å². The van der Waals surface area contributed by atoms with Crippen LogP contribution in [0.5, 0.6) is 5.75 Å². The SMILES string of the molecule is COc1ccc2sc(NC(=O)c3cccc(N4C(=O)CCC4=O)c3)nc2c1. The molecule has 0 saturated carbocycles. The summed E-state index contributed by atoms with van der Waals surface area (Å²) in [4.78, 5) is 41.9. The molecule has 0 unspecified atom stereocenters. The minimum absolute atomic E-state index is 0.199. The van der Waals surface area contributed by atoms with Gasteiger partial charge in [0.05, 0.1) is 23.0 Å². The maximum absolute atomic E-state index is 12.6. The van der Waals surface area contributed by atoms with Crippen molar-refractivity contribution in [2.45, 2.75) is 12.8 Å². The molecule has 1 aromatic heterocycles. The van der Waals surface area contributed by atoms with E-state index in [0.717, 1.165) is 15.1 Å². The highest BCUT2D eigenvalue weighted by Gasteiger charge is 2.30. The number of thiazole rings is 1. The lowest BCUT2D eigenvalue weighted by Gasteiger charge is -2.14. The standard InChI is InChI=1S/C19H15N3O4S/c1-26-13-5-6-15-14(10-13)20-19(27-15)21-18(25)11-3-2-4-12(9-11)22-16(23)7-8-17(22)24/h2-6,9-10H,7-8H2,1H3,(H,20,21,25). The molecule has 2 heterocycles. The normalized spacial score (nSPS) is 14.0. The van der Waals surface area contributed by atoms with Crippen LogP contribution in [0.1, 0.15) is 23.2 Å². The van der Waals surface area contributed by atoms with Gasteiger partial charge in [-0.2, -0.15) is 0 Å². The number of carbonyl (C=O) groups is 3. The number of amides is 3. The van der Waals surface area contributed by atoms with E-state index in [4.69, 9.17) is 4.74 Å². The first-order valence-corrected chi connectivity index (χ1v) is 9.08. The van der Waals surface area contributed by atoms with Crippen LogP contribution in [0, 0.1) is 0 Å². The predicted molar refractivity (Wildman–Crippen MR) is 102 cm³/mol. The van der Waals surface area contributed by atoms with E-state index in [0.29, 0.717) is 22.1 Å². The molecular weight excluding hydrogens is 366 g/mol. The van der Waals surface area contributed by atoms with E-state index in [1.807, 2.05) is 12.1 Å². The van der Waals surface area contributed by atoms with Gasteiger partial charge >= 0.3 is 0 Å². The van der Waals surface area contributed by atoms with Gasteiger partial charge in [-0.15, -0.1) is 0 Å². The van der Waals surface area contributed by atoms with Gasteiger partial charge in [-0.1, -0.05) is 17.4 Å². The van der Waals surface area contributed by atoms with Crippen molar-refractivity contribution in [3.63, 3.8) is 0 Å². The molecule has 7 nitrogen and oxygen atoms in total. The summed E-state index contributed by atoms with van der Waals surface area (Å²) in [6.07, 6.45) is 0.398. The first kappa shape index (κ1) is 17.2. The molecule has 136 valence electrons. The maximum Gasteiger partial charge on any atom is 0.257 e. The quantitative estimate of drug-likeness (QED) is 0.701. The first-order valence-electron chi connectivity index (χ1n) is 8.27. The number of nitrogens with one attached hydrogen (secondary N) is 1. The number of anilines is 2. The van der Waals surface area contributed by atoms with Gasteiger partial charge in [0.1, 0.15) is 5.75 Å². The predicted octanol–water partition coefficient (Wildman–Crippen LogP) is 3.21. The topological polar surface area (TPSA) is 88.6 Å². The van der Waals surface area contributed by atoms with E-state index in [2.05, 4.69) is 10.3 Å². The van der Waals surface area contributed by atoms with Crippen LogP contribution in [0.3, 0.4) is 0 Å². The number of benzene rings is 2. The summed E-state index contributed by atoms with van der Waals surface area (Å²) >= 11 is 1.35. The second kappa shape index (κ2) is 6.81. The summed E-state index contributed by atoms with van der Waals surface area (Å²) in [5.41, 5.74) is 1.48. The number of fused-ring (bicyclic) bond motifs is 1. The van der Waals surface area contributed by atoms with Gasteiger partial charge in [-0.05, 0) is 30.3 Å². The second-order valence-electron chi connectivity index (χ2n) is 5.98. The molecule has 1 N–H and O–H groups in total. The van der Waals surface area contributed by atoms with E-state index in [9.17, 15) is 14.4 Å². The minimum atomic E-state index is -0.359. The first-order chi connectivity index (χ1) is 13.0. The monoisotopic (exact) mass is 381 g/mol. The molecule has 2 aromatic carbocycles. The Morgan fingerprint density at radius 1 is 1.15 bits per heavy atom. The zero-order chi connectivity index (χ0) is 19.0. The van der Waals surface area contributed by atoms with E-state index in [1.54, 1.807) is 31.4 Å². The van der Waals surface area contributed by atoms with Gasteiger partial charge in [0.15, 0.2) is 5.13 Å². The molecule has 1 saturated heterocycles. The fourth-order valence-corrected chi connectivity index (χ4v) is 3.75. The van der Waals surface area contributed by atoms with E-state index in [1.165, 1.54) is 17.4 Å². The van der Waals surface area contributed by atoms with Crippen molar-refractivity contribution >= 4 is 50.1 Å². The molecule has 1 fully saturated rings. The molecule has 1 aliphatic heterocycles. The molecule has 0 spiro atoms. The number of rotatable bonds is 4. The van der Waals surface area contributed by atoms with Crippen LogP contribution in [-0.4, -0.2) is 29.8 Å². The van der Waals surface area contributed by atoms with Gasteiger partial charge in [-0.3, -0.25) is 24.6 Å². The highest BCUT2D eigenvalue weighted by molar-refractivity contribution is 7.22. The molecule has 0 atom stereocenters. The van der Waals surface area contributed by atoms with Crippen LogP contribution in [-0.2, 0) is 9.59 Å². The number of hydrogen-bond acceptors (Lipinski definition) is 6. The van der Waals surface area contributed by atoms with Crippen LogP contribution in [0.15, 0.2) is 42.5 Å². The van der Waals surface area contributed by atoms with Gasteiger partial charge in [0.25, 0.3) is 5.91 Å². The van der Waals surface area contributed by atoms with Crippen LogP contribution >= 0.6 is 11.3 Å². The summed E-state index contributed by atoms with van der Waals surface area (Å²) in [6.45, 7) is 0. The highest BCUT2D eigenvalue weighted by atomic mass is 32.1. The summed E-state index contributed by atoms with van der Waals surface area (Å²) < 4.78 is 6.10. The van der Waals surface area contributed by atoms with Crippen LogP contribution in [0.2, 0.25) is 0 Å². The lowest BCUT2D eigenvalue weighted by molar-refractivity contribution is -0.121. The van der Waals surface area contributed by atoms with Crippen molar-refractivity contribution in [1.82, 2.24) is 4.98 Å². The second-order valence-corrected chi connectivity index (χ2v) is 7.01. The fourth-order valence-electron chi connectivity index (χ4n) is 2.91. The highest BCUT2D eigenvalue weighted by Crippen LogP contribution is 2.29. The Bertz CT molecular complexity index is 1060. The van der Waals surface area contributed by atoms with Crippen molar-refractivity contribution < 1.29 is 19.1 Å². The van der Waals surface area contributed by atoms with Crippen molar-refractivity contribution in [3.8, 4) is 5.75 Å². The number of hydrogen-bond donors (Lipinski definition) is 1. The molecule has 0 bridgehead atoms. The number of imide groups is 1. The van der Waals surface area contributed by atoms with Crippen molar-refractivity contribution in [2.24, 2.45) is 0 Å². The molecule has 27 heavy (non-hydrogen) atoms. The minimum Gasteiger partial charge on any atom is -0.497 e. The summed E-state index contributed by atoms with van der Waals surface area (Å²) in [5, 5.41) is 3.22. The zero-order valence-corrected chi connectivity index (χ0v) is 15.2. The molecule has 0 aliphatic carbocycles. The van der Waals surface area contributed by atoms with Crippen LogP contribution in [0.4, 0.5) is 10.8 Å². The van der Waals surface area contributed by atoms with Gasteiger partial charge in [0, 0.05) is 24.5 Å². The molecule has 3 amide bonds. The number of aromatic nitrogens is 1. The van der Waals surface area contributed by atoms with E-state index < -0.39 is 0 Å². The molecule has 1 aliphatic rings. The number of methoxy groups -OCH3 is 1. The Balaban J connectivity index is 1.57. The van der Waals surface area contributed by atoms with Crippen LogP contribution in [0.25, 0.3) is 10.2 Å². The number of ether oxygens (including phenoxy) is 1. The van der Waals surface area contributed by atoms with Crippen molar-refractivity contribution in [1.29, 1.82) is 0 Å². The molecular formula is C19H15N3O4S. The number of carbonyl (C=O) groups excluding carboxylic acids is 3. The van der Waals surface area contributed by atoms with Crippen LogP contribution < -0.4 is 15.0 Å². The third-order valence-electron chi connectivity index (χ3n) is 4.23. The van der Waals surface area contributed by atoms with E-state index >= 15 is 0 Å². The van der Waals surface area contributed by atoms with E-state index in [-0.39, 0.29) is 30.6 Å². The summed E-state index contributed by atoms with van der Waals surface area (Å²) in [6, 6.07) is 12.0. The lowest BCUT2D eigenvalue weighted by atomic mass is 10.2. The Hall–Kier alpha value is -3.26. The van der Waals surface area contributed by atoms with Gasteiger partial charge < -0.3 is 4.74 Å². The molecule has 0 radical (unpaired) electrons. The van der Waals surface area contributed by atoms with Gasteiger partial charge in [0.2, 0.25) is 11.8 Å². The molecule has 4 rings (SSSR count). The average molecular weight is 381 g/mol. The molecule has 8 heteroatoms. The third-order valence-corrected chi connectivity index (χ3v) is 5.19. The Kier molecular flexibility index (Phi) is 4.33. The summed E-state index contributed by atoms with van der Waals surface area (Å²) in [7, 11) is 1.58. The molecule has 3 aromatic rings. The largest absolute Gasteiger partial charge is 0.497 e. The van der Waals surface area contributed by atoms with Crippen molar-refractivity contribution in [2.75, 3.05) is 17.3 Å². The third kappa shape index (κ3) is 3.26. The fraction of sp³-hybridized carbons (Fsp3) is 0.158. The Morgan fingerprint density at radius 2 is 1.93 bits per heavy atom.